The lowest BCUT2D eigenvalue weighted by atomic mass is 10.3. The molecule has 2 aromatic rings. The standard InChI is InChI=1S/C16H17FN2O4S/c1-22-12-4-2-5-14(10-12)24(20,21)19-9-8-13(11-19)23-16-7-3-6-15(17)18-16/h2-7,10,13H,8-9,11H2,1H3. The number of aromatic nitrogens is 1. The van der Waals surface area contributed by atoms with Crippen molar-refractivity contribution in [2.24, 2.45) is 0 Å². The molecular formula is C16H17FN2O4S. The Bertz CT molecular complexity index is 828. The maximum absolute atomic E-state index is 13.1. The molecule has 1 aromatic heterocycles. The number of methoxy groups -OCH3 is 1. The SMILES string of the molecule is COc1cccc(S(=O)(=O)N2CCC(Oc3cccc(F)n3)C2)c1. The normalized spacial score (nSPS) is 18.5. The molecule has 0 bridgehead atoms. The average Bonchev–Trinajstić information content (AvgIpc) is 3.04. The van der Waals surface area contributed by atoms with Gasteiger partial charge < -0.3 is 9.47 Å². The monoisotopic (exact) mass is 352 g/mol. The topological polar surface area (TPSA) is 68.7 Å². The summed E-state index contributed by atoms with van der Waals surface area (Å²) >= 11 is 0. The van der Waals surface area contributed by atoms with Crippen LogP contribution in [0, 0.1) is 5.95 Å². The Morgan fingerprint density at radius 3 is 2.79 bits per heavy atom. The molecule has 1 unspecified atom stereocenters. The molecule has 0 N–H and O–H groups in total. The van der Waals surface area contributed by atoms with Crippen molar-refractivity contribution in [2.75, 3.05) is 20.2 Å². The van der Waals surface area contributed by atoms with Crippen molar-refractivity contribution in [1.29, 1.82) is 0 Å². The van der Waals surface area contributed by atoms with Crippen molar-refractivity contribution >= 4 is 10.0 Å². The van der Waals surface area contributed by atoms with Crippen LogP contribution in [0.25, 0.3) is 0 Å². The highest BCUT2D eigenvalue weighted by atomic mass is 32.2. The summed E-state index contributed by atoms with van der Waals surface area (Å²) in [4.78, 5) is 3.80. The Labute approximate surface area is 139 Å². The molecule has 0 saturated carbocycles. The van der Waals surface area contributed by atoms with Crippen LogP contribution in [0.1, 0.15) is 6.42 Å². The van der Waals surface area contributed by atoms with Crippen LogP contribution in [0.15, 0.2) is 47.4 Å². The van der Waals surface area contributed by atoms with E-state index in [-0.39, 0.29) is 23.4 Å². The second-order valence-corrected chi connectivity index (χ2v) is 7.31. The van der Waals surface area contributed by atoms with E-state index >= 15 is 0 Å². The van der Waals surface area contributed by atoms with Gasteiger partial charge >= 0.3 is 0 Å². The molecule has 0 amide bonds. The minimum Gasteiger partial charge on any atom is -0.497 e. The molecule has 1 saturated heterocycles. The summed E-state index contributed by atoms with van der Waals surface area (Å²) < 4.78 is 50.5. The molecule has 1 aromatic carbocycles. The van der Waals surface area contributed by atoms with Gasteiger partial charge in [-0.2, -0.15) is 13.7 Å². The van der Waals surface area contributed by atoms with Gasteiger partial charge in [-0.25, -0.2) is 8.42 Å². The Balaban J connectivity index is 1.72. The van der Waals surface area contributed by atoms with Crippen LogP contribution in [0.2, 0.25) is 0 Å². The predicted octanol–water partition coefficient (Wildman–Crippen LogP) is 2.07. The molecule has 3 rings (SSSR count). The van der Waals surface area contributed by atoms with Gasteiger partial charge in [0.2, 0.25) is 21.9 Å². The third-order valence-corrected chi connectivity index (χ3v) is 5.62. The third kappa shape index (κ3) is 3.49. The van der Waals surface area contributed by atoms with E-state index < -0.39 is 16.0 Å². The zero-order valence-electron chi connectivity index (χ0n) is 13.1. The number of hydrogen-bond acceptors (Lipinski definition) is 5. The van der Waals surface area contributed by atoms with Gasteiger partial charge in [0.15, 0.2) is 0 Å². The van der Waals surface area contributed by atoms with E-state index in [4.69, 9.17) is 9.47 Å². The van der Waals surface area contributed by atoms with Crippen molar-refractivity contribution in [1.82, 2.24) is 9.29 Å². The number of nitrogens with zero attached hydrogens (tertiary/aromatic N) is 2. The minimum atomic E-state index is -3.63. The van der Waals surface area contributed by atoms with Gasteiger partial charge in [0.1, 0.15) is 11.9 Å². The van der Waals surface area contributed by atoms with Crippen LogP contribution < -0.4 is 9.47 Å². The average molecular weight is 352 g/mol. The maximum atomic E-state index is 13.1. The fourth-order valence-electron chi connectivity index (χ4n) is 2.55. The first-order valence-electron chi connectivity index (χ1n) is 7.42. The summed E-state index contributed by atoms with van der Waals surface area (Å²) in [7, 11) is -2.14. The van der Waals surface area contributed by atoms with E-state index in [0.29, 0.717) is 18.7 Å². The number of ether oxygens (including phenoxy) is 2. The van der Waals surface area contributed by atoms with Crippen LogP contribution in [-0.2, 0) is 10.0 Å². The molecule has 0 spiro atoms. The lowest BCUT2D eigenvalue weighted by Gasteiger charge is -2.17. The van der Waals surface area contributed by atoms with Gasteiger partial charge in [0.05, 0.1) is 18.6 Å². The summed E-state index contributed by atoms with van der Waals surface area (Å²) in [5.41, 5.74) is 0. The van der Waals surface area contributed by atoms with E-state index in [1.807, 2.05) is 0 Å². The second kappa shape index (κ2) is 6.74. The van der Waals surface area contributed by atoms with Gasteiger partial charge in [0.25, 0.3) is 0 Å². The summed E-state index contributed by atoms with van der Waals surface area (Å²) in [5, 5.41) is 0. The highest BCUT2D eigenvalue weighted by molar-refractivity contribution is 7.89. The number of benzene rings is 1. The smallest absolute Gasteiger partial charge is 0.243 e. The van der Waals surface area contributed by atoms with Gasteiger partial charge in [0, 0.05) is 18.7 Å². The molecule has 0 radical (unpaired) electrons. The Kier molecular flexibility index (Phi) is 4.68. The Hall–Kier alpha value is -2.19. The van der Waals surface area contributed by atoms with E-state index in [1.54, 1.807) is 18.2 Å². The van der Waals surface area contributed by atoms with E-state index in [1.165, 1.54) is 35.7 Å². The number of hydrogen-bond donors (Lipinski definition) is 0. The Morgan fingerprint density at radius 1 is 1.25 bits per heavy atom. The quantitative estimate of drug-likeness (QED) is 0.771. The van der Waals surface area contributed by atoms with Crippen molar-refractivity contribution < 1.29 is 22.3 Å². The first kappa shape index (κ1) is 16.7. The zero-order valence-corrected chi connectivity index (χ0v) is 13.9. The molecule has 1 atom stereocenters. The van der Waals surface area contributed by atoms with Crippen molar-refractivity contribution in [2.45, 2.75) is 17.4 Å². The lowest BCUT2D eigenvalue weighted by Crippen LogP contribution is -2.31. The van der Waals surface area contributed by atoms with Crippen LogP contribution in [0.3, 0.4) is 0 Å². The molecule has 1 aliphatic rings. The van der Waals surface area contributed by atoms with Crippen LogP contribution in [0.4, 0.5) is 4.39 Å². The van der Waals surface area contributed by atoms with E-state index in [0.717, 1.165) is 0 Å². The number of sulfonamides is 1. The minimum absolute atomic E-state index is 0.153. The molecule has 6 nitrogen and oxygen atoms in total. The second-order valence-electron chi connectivity index (χ2n) is 5.37. The molecule has 2 heterocycles. The molecule has 0 aliphatic carbocycles. The van der Waals surface area contributed by atoms with Gasteiger partial charge in [-0.1, -0.05) is 12.1 Å². The Morgan fingerprint density at radius 2 is 2.04 bits per heavy atom. The van der Waals surface area contributed by atoms with Crippen LogP contribution in [-0.4, -0.2) is 44.0 Å². The zero-order chi connectivity index (χ0) is 17.2. The molecule has 1 fully saturated rings. The summed E-state index contributed by atoms with van der Waals surface area (Å²) in [6.07, 6.45) is 0.154. The van der Waals surface area contributed by atoms with Crippen molar-refractivity contribution in [3.63, 3.8) is 0 Å². The molecule has 1 aliphatic heterocycles. The lowest BCUT2D eigenvalue weighted by molar-refractivity contribution is 0.204. The molecule has 128 valence electrons. The molecular weight excluding hydrogens is 335 g/mol. The first-order valence-corrected chi connectivity index (χ1v) is 8.86. The van der Waals surface area contributed by atoms with E-state index in [2.05, 4.69) is 4.98 Å². The molecule has 24 heavy (non-hydrogen) atoms. The first-order chi connectivity index (χ1) is 11.5. The number of rotatable bonds is 5. The van der Waals surface area contributed by atoms with Gasteiger partial charge in [-0.05, 0) is 24.6 Å². The van der Waals surface area contributed by atoms with Crippen molar-refractivity contribution in [3.05, 3.63) is 48.4 Å². The summed E-state index contributed by atoms with van der Waals surface area (Å²) in [6, 6.07) is 10.6. The number of pyridine rings is 1. The van der Waals surface area contributed by atoms with Crippen LogP contribution >= 0.6 is 0 Å². The van der Waals surface area contributed by atoms with E-state index in [9.17, 15) is 12.8 Å². The summed E-state index contributed by atoms with van der Waals surface area (Å²) in [6.45, 7) is 0.525. The van der Waals surface area contributed by atoms with Gasteiger partial charge in [-0.3, -0.25) is 0 Å². The largest absolute Gasteiger partial charge is 0.497 e. The highest BCUT2D eigenvalue weighted by Crippen LogP contribution is 2.25. The van der Waals surface area contributed by atoms with Crippen molar-refractivity contribution in [3.8, 4) is 11.6 Å². The fourth-order valence-corrected chi connectivity index (χ4v) is 4.07. The summed E-state index contributed by atoms with van der Waals surface area (Å²) in [5.74, 6) is -0.000911. The number of halogens is 1. The third-order valence-electron chi connectivity index (χ3n) is 3.76. The van der Waals surface area contributed by atoms with Gasteiger partial charge in [-0.15, -0.1) is 0 Å². The highest BCUT2D eigenvalue weighted by Gasteiger charge is 2.34. The fraction of sp³-hybridized carbons (Fsp3) is 0.312. The maximum Gasteiger partial charge on any atom is 0.243 e. The molecule has 8 heteroatoms. The predicted molar refractivity (Wildman–Crippen MR) is 85.0 cm³/mol. The van der Waals surface area contributed by atoms with Crippen LogP contribution in [0.5, 0.6) is 11.6 Å².